The first kappa shape index (κ1) is 16.1. The van der Waals surface area contributed by atoms with Gasteiger partial charge in [0, 0.05) is 6.54 Å². The van der Waals surface area contributed by atoms with Gasteiger partial charge in [-0.3, -0.25) is 0 Å². The summed E-state index contributed by atoms with van der Waals surface area (Å²) in [5, 5.41) is 9.23. The minimum absolute atomic E-state index is 0.152. The van der Waals surface area contributed by atoms with E-state index < -0.39 is 10.0 Å². The fourth-order valence-corrected chi connectivity index (χ4v) is 3.22. The lowest BCUT2D eigenvalue weighted by Gasteiger charge is -2.13. The standard InChI is InChI=1S/C14H23NO3S/c1-10(2)5-6-15-19(17,18)14-8-13(9-16)11(3)7-12(14)4/h7-8,10,15-16H,5-6,9H2,1-4H3. The van der Waals surface area contributed by atoms with Crippen LogP contribution in [0.25, 0.3) is 0 Å². The van der Waals surface area contributed by atoms with E-state index in [1.165, 1.54) is 0 Å². The molecule has 1 rings (SSSR count). The normalized spacial score (nSPS) is 12.1. The second kappa shape index (κ2) is 6.50. The Bertz CT molecular complexity index is 536. The van der Waals surface area contributed by atoms with Crippen LogP contribution < -0.4 is 4.72 Å². The molecule has 4 nitrogen and oxygen atoms in total. The van der Waals surface area contributed by atoms with Gasteiger partial charge in [-0.2, -0.15) is 0 Å². The van der Waals surface area contributed by atoms with Gasteiger partial charge in [-0.25, -0.2) is 13.1 Å². The number of nitrogens with one attached hydrogen (secondary N) is 1. The summed E-state index contributed by atoms with van der Waals surface area (Å²) in [6.45, 7) is 8.01. The maximum atomic E-state index is 12.2. The van der Waals surface area contributed by atoms with Crippen LogP contribution in [-0.4, -0.2) is 20.1 Å². The molecule has 0 heterocycles. The molecule has 0 aliphatic heterocycles. The third-order valence-corrected chi connectivity index (χ3v) is 4.71. The molecule has 0 unspecified atom stereocenters. The van der Waals surface area contributed by atoms with Gasteiger partial charge in [0.25, 0.3) is 0 Å². The van der Waals surface area contributed by atoms with Crippen molar-refractivity contribution in [1.29, 1.82) is 0 Å². The maximum Gasteiger partial charge on any atom is 0.240 e. The van der Waals surface area contributed by atoms with Crippen LogP contribution in [0.2, 0.25) is 0 Å². The number of aryl methyl sites for hydroxylation is 2. The number of sulfonamides is 1. The van der Waals surface area contributed by atoms with E-state index in [0.29, 0.717) is 23.6 Å². The Morgan fingerprint density at radius 3 is 2.37 bits per heavy atom. The van der Waals surface area contributed by atoms with Gasteiger partial charge in [0.15, 0.2) is 0 Å². The average molecular weight is 285 g/mol. The second-order valence-corrected chi connectivity index (χ2v) is 7.02. The average Bonchev–Trinajstić information content (AvgIpc) is 2.27. The van der Waals surface area contributed by atoms with Crippen molar-refractivity contribution in [3.63, 3.8) is 0 Å². The van der Waals surface area contributed by atoms with E-state index in [0.717, 1.165) is 12.0 Å². The van der Waals surface area contributed by atoms with Gasteiger partial charge in [0.05, 0.1) is 11.5 Å². The van der Waals surface area contributed by atoms with Crippen LogP contribution in [0.5, 0.6) is 0 Å². The summed E-state index contributed by atoms with van der Waals surface area (Å²) in [6.07, 6.45) is 0.803. The highest BCUT2D eigenvalue weighted by molar-refractivity contribution is 7.89. The molecule has 0 radical (unpaired) electrons. The van der Waals surface area contributed by atoms with Gasteiger partial charge >= 0.3 is 0 Å². The van der Waals surface area contributed by atoms with Crippen LogP contribution in [-0.2, 0) is 16.6 Å². The third-order valence-electron chi connectivity index (χ3n) is 3.11. The maximum absolute atomic E-state index is 12.2. The van der Waals surface area contributed by atoms with Crippen LogP contribution in [0.1, 0.15) is 37.0 Å². The monoisotopic (exact) mass is 285 g/mol. The third kappa shape index (κ3) is 4.30. The Balaban J connectivity index is 3.01. The number of hydrogen-bond donors (Lipinski definition) is 2. The van der Waals surface area contributed by atoms with Crippen molar-refractivity contribution < 1.29 is 13.5 Å². The molecule has 0 saturated carbocycles. The summed E-state index contributed by atoms with van der Waals surface area (Å²) in [5.41, 5.74) is 2.25. The van der Waals surface area contributed by atoms with E-state index in [-0.39, 0.29) is 11.5 Å². The van der Waals surface area contributed by atoms with E-state index in [9.17, 15) is 13.5 Å². The van der Waals surface area contributed by atoms with E-state index >= 15 is 0 Å². The Kier molecular flexibility index (Phi) is 5.52. The molecule has 0 fully saturated rings. The highest BCUT2D eigenvalue weighted by Crippen LogP contribution is 2.20. The summed E-state index contributed by atoms with van der Waals surface area (Å²) >= 11 is 0. The van der Waals surface area contributed by atoms with E-state index in [1.54, 1.807) is 19.1 Å². The first-order valence-electron chi connectivity index (χ1n) is 6.48. The van der Waals surface area contributed by atoms with Gasteiger partial charge in [0.1, 0.15) is 0 Å². The fraction of sp³-hybridized carbons (Fsp3) is 0.571. The van der Waals surface area contributed by atoms with Crippen LogP contribution >= 0.6 is 0 Å². The molecule has 0 spiro atoms. The van der Waals surface area contributed by atoms with Crippen molar-refractivity contribution in [2.24, 2.45) is 5.92 Å². The molecular weight excluding hydrogens is 262 g/mol. The molecule has 19 heavy (non-hydrogen) atoms. The molecule has 1 aromatic rings. The van der Waals surface area contributed by atoms with Gasteiger partial charge in [-0.15, -0.1) is 0 Å². The van der Waals surface area contributed by atoms with Crippen molar-refractivity contribution in [3.05, 3.63) is 28.8 Å². The largest absolute Gasteiger partial charge is 0.392 e. The zero-order valence-electron chi connectivity index (χ0n) is 12.0. The van der Waals surface area contributed by atoms with Gasteiger partial charge in [-0.1, -0.05) is 19.9 Å². The topological polar surface area (TPSA) is 66.4 Å². The van der Waals surface area contributed by atoms with Crippen LogP contribution in [0.15, 0.2) is 17.0 Å². The molecule has 1 aromatic carbocycles. The summed E-state index contributed by atoms with van der Waals surface area (Å²) in [4.78, 5) is 0.255. The number of benzene rings is 1. The highest BCUT2D eigenvalue weighted by atomic mass is 32.2. The number of aliphatic hydroxyl groups is 1. The second-order valence-electron chi connectivity index (χ2n) is 5.28. The van der Waals surface area contributed by atoms with Crippen LogP contribution in [0.3, 0.4) is 0 Å². The first-order valence-corrected chi connectivity index (χ1v) is 7.97. The molecule has 0 saturated heterocycles. The van der Waals surface area contributed by atoms with Crippen molar-refractivity contribution in [1.82, 2.24) is 4.72 Å². The molecule has 108 valence electrons. The van der Waals surface area contributed by atoms with Gasteiger partial charge in [0.2, 0.25) is 10.0 Å². The number of hydrogen-bond acceptors (Lipinski definition) is 3. The molecule has 5 heteroatoms. The Morgan fingerprint density at radius 1 is 1.21 bits per heavy atom. The molecule has 0 aliphatic carbocycles. The number of rotatable bonds is 6. The lowest BCUT2D eigenvalue weighted by atomic mass is 10.1. The quantitative estimate of drug-likeness (QED) is 0.841. The van der Waals surface area contributed by atoms with E-state index in [1.807, 2.05) is 6.92 Å². The molecule has 0 aromatic heterocycles. The Hall–Kier alpha value is -0.910. The molecule has 0 atom stereocenters. The van der Waals surface area contributed by atoms with Crippen molar-refractivity contribution in [2.45, 2.75) is 45.6 Å². The summed E-state index contributed by atoms with van der Waals surface area (Å²) in [5.74, 6) is 0.454. The van der Waals surface area contributed by atoms with Crippen molar-refractivity contribution in [3.8, 4) is 0 Å². The summed E-state index contributed by atoms with van der Waals surface area (Å²) in [7, 11) is -3.50. The minimum Gasteiger partial charge on any atom is -0.392 e. The zero-order valence-corrected chi connectivity index (χ0v) is 12.8. The minimum atomic E-state index is -3.50. The summed E-state index contributed by atoms with van der Waals surface area (Å²) < 4.78 is 27.1. The molecule has 0 amide bonds. The SMILES string of the molecule is Cc1cc(C)c(S(=O)(=O)NCCC(C)C)cc1CO. The van der Waals surface area contributed by atoms with Crippen LogP contribution in [0, 0.1) is 19.8 Å². The Morgan fingerprint density at radius 2 is 1.84 bits per heavy atom. The molecule has 0 bridgehead atoms. The van der Waals surface area contributed by atoms with Crippen molar-refractivity contribution in [2.75, 3.05) is 6.54 Å². The zero-order chi connectivity index (χ0) is 14.6. The summed E-state index contributed by atoms with van der Waals surface area (Å²) in [6, 6.07) is 3.35. The highest BCUT2D eigenvalue weighted by Gasteiger charge is 2.18. The van der Waals surface area contributed by atoms with Gasteiger partial charge < -0.3 is 5.11 Å². The Labute approximate surface area is 115 Å². The van der Waals surface area contributed by atoms with E-state index in [2.05, 4.69) is 18.6 Å². The predicted molar refractivity (Wildman–Crippen MR) is 76.5 cm³/mol. The fourth-order valence-electron chi connectivity index (χ4n) is 1.89. The first-order chi connectivity index (χ1) is 8.77. The van der Waals surface area contributed by atoms with E-state index in [4.69, 9.17) is 0 Å². The lowest BCUT2D eigenvalue weighted by molar-refractivity contribution is 0.280. The van der Waals surface area contributed by atoms with Gasteiger partial charge in [-0.05, 0) is 48.9 Å². The van der Waals surface area contributed by atoms with Crippen molar-refractivity contribution >= 4 is 10.0 Å². The number of aliphatic hydroxyl groups excluding tert-OH is 1. The molecular formula is C14H23NO3S. The predicted octanol–water partition coefficient (Wildman–Crippen LogP) is 2.12. The lowest BCUT2D eigenvalue weighted by Crippen LogP contribution is -2.26. The molecule has 0 aliphatic rings. The van der Waals surface area contributed by atoms with Crippen LogP contribution in [0.4, 0.5) is 0 Å². The molecule has 2 N–H and O–H groups in total. The smallest absolute Gasteiger partial charge is 0.240 e.